The number of carbonyl (C=O) groups is 1. The van der Waals surface area contributed by atoms with Crippen LogP contribution in [0.5, 0.6) is 0 Å². The molecular weight excluding hydrogens is 231 g/mol. The molecule has 3 rings (SSSR count). The highest BCUT2D eigenvalue weighted by atomic mass is 19.1. The van der Waals surface area contributed by atoms with Crippen LogP contribution in [0, 0.1) is 18.7 Å². The molecule has 2 saturated heterocycles. The van der Waals surface area contributed by atoms with Crippen LogP contribution in [0.1, 0.15) is 22.3 Å². The van der Waals surface area contributed by atoms with Crippen molar-refractivity contribution in [2.45, 2.75) is 19.4 Å². The first-order valence-corrected chi connectivity index (χ1v) is 6.44. The minimum Gasteiger partial charge on any atom is -0.337 e. The summed E-state index contributed by atoms with van der Waals surface area (Å²) in [6.07, 6.45) is 1.14. The van der Waals surface area contributed by atoms with Gasteiger partial charge in [0.1, 0.15) is 5.82 Å². The summed E-state index contributed by atoms with van der Waals surface area (Å²) in [6.45, 7) is 4.45. The molecule has 1 N–H and O–H groups in total. The molecule has 2 aliphatic rings. The van der Waals surface area contributed by atoms with Crippen LogP contribution in [0.4, 0.5) is 4.39 Å². The van der Waals surface area contributed by atoms with Crippen LogP contribution in [0.3, 0.4) is 0 Å². The van der Waals surface area contributed by atoms with Crippen molar-refractivity contribution in [3.63, 3.8) is 0 Å². The number of amides is 1. The molecule has 0 aliphatic carbocycles. The Hall–Kier alpha value is -1.42. The summed E-state index contributed by atoms with van der Waals surface area (Å²) in [5, 5.41) is 3.41. The van der Waals surface area contributed by atoms with E-state index in [9.17, 15) is 9.18 Å². The van der Waals surface area contributed by atoms with Gasteiger partial charge in [-0.15, -0.1) is 0 Å². The Labute approximate surface area is 106 Å². The molecule has 2 aliphatic heterocycles. The van der Waals surface area contributed by atoms with Crippen LogP contribution in [0.25, 0.3) is 0 Å². The van der Waals surface area contributed by atoms with E-state index >= 15 is 0 Å². The summed E-state index contributed by atoms with van der Waals surface area (Å²) >= 11 is 0. The van der Waals surface area contributed by atoms with E-state index in [2.05, 4.69) is 5.32 Å². The summed E-state index contributed by atoms with van der Waals surface area (Å²) in [6, 6.07) is 4.84. The first-order valence-electron chi connectivity index (χ1n) is 6.44. The Morgan fingerprint density at radius 3 is 3.06 bits per heavy atom. The van der Waals surface area contributed by atoms with Gasteiger partial charge >= 0.3 is 0 Å². The molecule has 0 aromatic heterocycles. The van der Waals surface area contributed by atoms with E-state index in [0.717, 1.165) is 31.6 Å². The summed E-state index contributed by atoms with van der Waals surface area (Å²) in [5.74, 6) is 0.187. The predicted molar refractivity (Wildman–Crippen MR) is 66.9 cm³/mol. The third-order valence-electron chi connectivity index (χ3n) is 4.08. The van der Waals surface area contributed by atoms with Crippen LogP contribution in [-0.2, 0) is 0 Å². The molecule has 0 saturated carbocycles. The molecule has 96 valence electrons. The summed E-state index contributed by atoms with van der Waals surface area (Å²) < 4.78 is 13.2. The van der Waals surface area contributed by atoms with Gasteiger partial charge in [-0.3, -0.25) is 4.79 Å². The van der Waals surface area contributed by atoms with Crippen molar-refractivity contribution in [2.75, 3.05) is 19.6 Å². The third kappa shape index (κ3) is 1.90. The van der Waals surface area contributed by atoms with Crippen LogP contribution < -0.4 is 5.32 Å². The van der Waals surface area contributed by atoms with Crippen molar-refractivity contribution in [3.05, 3.63) is 35.1 Å². The second-order valence-corrected chi connectivity index (χ2v) is 5.28. The van der Waals surface area contributed by atoms with E-state index in [1.165, 1.54) is 12.1 Å². The number of hydrogen-bond donors (Lipinski definition) is 1. The summed E-state index contributed by atoms with van der Waals surface area (Å²) in [4.78, 5) is 14.2. The van der Waals surface area contributed by atoms with E-state index in [-0.39, 0.29) is 11.7 Å². The maximum absolute atomic E-state index is 13.2. The number of halogens is 1. The molecule has 2 fully saturated rings. The Bertz CT molecular complexity index is 477. The van der Waals surface area contributed by atoms with E-state index < -0.39 is 0 Å². The molecule has 4 heteroatoms. The zero-order chi connectivity index (χ0) is 12.7. The number of nitrogens with one attached hydrogen (secondary N) is 1. The number of aryl methyl sites for hydroxylation is 1. The van der Waals surface area contributed by atoms with Crippen LogP contribution in [0.15, 0.2) is 18.2 Å². The van der Waals surface area contributed by atoms with Gasteiger partial charge in [0, 0.05) is 24.7 Å². The van der Waals surface area contributed by atoms with E-state index in [4.69, 9.17) is 0 Å². The average Bonchev–Trinajstić information content (AvgIpc) is 2.91. The minimum absolute atomic E-state index is 0.0387. The van der Waals surface area contributed by atoms with Gasteiger partial charge in [-0.1, -0.05) is 6.07 Å². The highest BCUT2D eigenvalue weighted by Gasteiger charge is 2.38. The lowest BCUT2D eigenvalue weighted by atomic mass is 10.1. The van der Waals surface area contributed by atoms with E-state index in [1.54, 1.807) is 6.07 Å². The molecule has 0 unspecified atom stereocenters. The smallest absolute Gasteiger partial charge is 0.254 e. The number of hydrogen-bond acceptors (Lipinski definition) is 2. The lowest BCUT2D eigenvalue weighted by Gasteiger charge is -2.18. The topological polar surface area (TPSA) is 32.3 Å². The molecule has 2 atom stereocenters. The molecule has 3 nitrogen and oxygen atoms in total. The van der Waals surface area contributed by atoms with Gasteiger partial charge in [0.25, 0.3) is 5.91 Å². The van der Waals surface area contributed by atoms with Crippen LogP contribution >= 0.6 is 0 Å². The van der Waals surface area contributed by atoms with Crippen molar-refractivity contribution < 1.29 is 9.18 Å². The fraction of sp³-hybridized carbons (Fsp3) is 0.500. The van der Waals surface area contributed by atoms with Crippen LogP contribution in [0.2, 0.25) is 0 Å². The van der Waals surface area contributed by atoms with Crippen molar-refractivity contribution in [1.82, 2.24) is 10.2 Å². The van der Waals surface area contributed by atoms with Crippen molar-refractivity contribution in [2.24, 2.45) is 5.92 Å². The highest BCUT2D eigenvalue weighted by molar-refractivity contribution is 5.95. The molecular formula is C14H17FN2O. The monoisotopic (exact) mass is 248 g/mol. The number of fused-ring (bicyclic) bond motifs is 1. The lowest BCUT2D eigenvalue weighted by molar-refractivity contribution is 0.0781. The molecule has 2 heterocycles. The normalized spacial score (nSPS) is 26.4. The number of rotatable bonds is 1. The zero-order valence-corrected chi connectivity index (χ0v) is 10.4. The van der Waals surface area contributed by atoms with Crippen molar-refractivity contribution >= 4 is 5.91 Å². The standard InChI is InChI=1S/C14H17FN2O/c1-9-2-3-11(15)6-12(9)14(18)17-7-10-4-5-16-13(10)8-17/h2-3,6,10,13,16H,4-5,7-8H2,1H3/t10-,13+/m0/s1. The molecule has 1 aromatic rings. The Morgan fingerprint density at radius 2 is 2.28 bits per heavy atom. The highest BCUT2D eigenvalue weighted by Crippen LogP contribution is 2.26. The third-order valence-corrected chi connectivity index (χ3v) is 4.08. The fourth-order valence-corrected chi connectivity index (χ4v) is 3.01. The van der Waals surface area contributed by atoms with Gasteiger partial charge in [-0.05, 0) is 43.5 Å². The quantitative estimate of drug-likeness (QED) is 0.818. The summed E-state index contributed by atoms with van der Waals surface area (Å²) in [7, 11) is 0. The first-order chi connectivity index (χ1) is 8.65. The van der Waals surface area contributed by atoms with Crippen molar-refractivity contribution in [3.8, 4) is 0 Å². The number of nitrogens with zero attached hydrogens (tertiary/aromatic N) is 1. The SMILES string of the molecule is Cc1ccc(F)cc1C(=O)N1C[C@@H]2CCN[C@@H]2C1. The van der Waals surface area contributed by atoms with Crippen molar-refractivity contribution in [1.29, 1.82) is 0 Å². The van der Waals surface area contributed by atoms with E-state index in [0.29, 0.717) is 17.5 Å². The maximum Gasteiger partial charge on any atom is 0.254 e. The van der Waals surface area contributed by atoms with E-state index in [1.807, 2.05) is 11.8 Å². The minimum atomic E-state index is -0.346. The largest absolute Gasteiger partial charge is 0.337 e. The number of likely N-dealkylation sites (tertiary alicyclic amines) is 1. The molecule has 0 spiro atoms. The Kier molecular flexibility index (Phi) is 2.82. The molecule has 0 bridgehead atoms. The van der Waals surface area contributed by atoms with Gasteiger partial charge in [0.15, 0.2) is 0 Å². The first kappa shape index (κ1) is 11.7. The van der Waals surface area contributed by atoms with Gasteiger partial charge in [-0.2, -0.15) is 0 Å². The summed E-state index contributed by atoms with van der Waals surface area (Å²) in [5.41, 5.74) is 1.33. The van der Waals surface area contributed by atoms with Gasteiger partial charge in [0.2, 0.25) is 0 Å². The predicted octanol–water partition coefficient (Wildman–Crippen LogP) is 1.57. The second kappa shape index (κ2) is 4.35. The fourth-order valence-electron chi connectivity index (χ4n) is 3.01. The molecule has 0 radical (unpaired) electrons. The Morgan fingerprint density at radius 1 is 1.44 bits per heavy atom. The second-order valence-electron chi connectivity index (χ2n) is 5.28. The average molecular weight is 248 g/mol. The molecule has 18 heavy (non-hydrogen) atoms. The van der Waals surface area contributed by atoms with Gasteiger partial charge in [0.05, 0.1) is 0 Å². The maximum atomic E-state index is 13.2. The van der Waals surface area contributed by atoms with Gasteiger partial charge in [-0.25, -0.2) is 4.39 Å². The van der Waals surface area contributed by atoms with Crippen LogP contribution in [-0.4, -0.2) is 36.5 Å². The molecule has 1 amide bonds. The number of carbonyl (C=O) groups excluding carboxylic acids is 1. The molecule has 1 aromatic carbocycles. The van der Waals surface area contributed by atoms with Gasteiger partial charge < -0.3 is 10.2 Å². The lowest BCUT2D eigenvalue weighted by Crippen LogP contribution is -2.34. The number of benzene rings is 1. The Balaban J connectivity index is 1.81. The zero-order valence-electron chi connectivity index (χ0n) is 10.4.